The van der Waals surface area contributed by atoms with E-state index in [0.717, 1.165) is 16.8 Å². The summed E-state index contributed by atoms with van der Waals surface area (Å²) in [6.07, 6.45) is 0. The van der Waals surface area contributed by atoms with Gasteiger partial charge in [-0.3, -0.25) is 9.78 Å². The minimum absolute atomic E-state index is 0.0245. The predicted octanol–water partition coefficient (Wildman–Crippen LogP) is 4.47. The van der Waals surface area contributed by atoms with E-state index in [1.54, 1.807) is 20.8 Å². The van der Waals surface area contributed by atoms with Crippen LogP contribution in [0.4, 0.5) is 8.78 Å². The lowest BCUT2D eigenvalue weighted by molar-refractivity contribution is -0.128. The zero-order valence-electron chi connectivity index (χ0n) is 16.3. The molecule has 0 unspecified atom stereocenters. The monoisotopic (exact) mass is 454 g/mol. The standard InChI is InChI=1S/C20H18Cl2F2N4O2/c1-20(2,3)18(29)25-9-10-6-12(13(21)8-16(10)24)17-26-19(30)28(27-17)11-4-5-15(23)14(22)7-11/h4-8H,9H2,1-3H3,(H,25,29)(H,26,27,30). The largest absolute Gasteiger partial charge is 0.351 e. The minimum Gasteiger partial charge on any atom is -0.351 e. The van der Waals surface area contributed by atoms with Crippen LogP contribution in [0.15, 0.2) is 35.1 Å². The lowest BCUT2D eigenvalue weighted by Crippen LogP contribution is -2.34. The van der Waals surface area contributed by atoms with Gasteiger partial charge in [-0.2, -0.15) is 4.68 Å². The van der Waals surface area contributed by atoms with Gasteiger partial charge in [0.2, 0.25) is 5.91 Å². The Morgan fingerprint density at radius 2 is 1.83 bits per heavy atom. The average molecular weight is 455 g/mol. The smallest absolute Gasteiger partial charge is 0.348 e. The number of amides is 1. The van der Waals surface area contributed by atoms with Crippen LogP contribution in [0.1, 0.15) is 26.3 Å². The quantitative estimate of drug-likeness (QED) is 0.609. The van der Waals surface area contributed by atoms with Gasteiger partial charge in [0, 0.05) is 23.1 Å². The number of aromatic nitrogens is 3. The second kappa shape index (κ2) is 8.20. The summed E-state index contributed by atoms with van der Waals surface area (Å²) >= 11 is 11.9. The third-order valence-electron chi connectivity index (χ3n) is 4.28. The molecule has 0 aliphatic carbocycles. The van der Waals surface area contributed by atoms with Crippen LogP contribution in [-0.2, 0) is 11.3 Å². The van der Waals surface area contributed by atoms with Crippen molar-refractivity contribution in [2.45, 2.75) is 27.3 Å². The van der Waals surface area contributed by atoms with Crippen LogP contribution in [0.5, 0.6) is 0 Å². The molecule has 1 heterocycles. The van der Waals surface area contributed by atoms with Gasteiger partial charge in [-0.25, -0.2) is 13.6 Å². The molecule has 0 aliphatic rings. The molecular formula is C20H18Cl2F2N4O2. The van der Waals surface area contributed by atoms with E-state index in [2.05, 4.69) is 15.4 Å². The Hall–Kier alpha value is -2.71. The highest BCUT2D eigenvalue weighted by molar-refractivity contribution is 6.33. The average Bonchev–Trinajstić information content (AvgIpc) is 3.03. The van der Waals surface area contributed by atoms with E-state index in [1.807, 2.05) is 0 Å². The number of hydrogen-bond donors (Lipinski definition) is 2. The second-order valence-corrected chi connectivity index (χ2v) is 8.46. The first-order chi connectivity index (χ1) is 14.0. The van der Waals surface area contributed by atoms with Crippen molar-refractivity contribution in [3.63, 3.8) is 0 Å². The van der Waals surface area contributed by atoms with Gasteiger partial charge >= 0.3 is 5.69 Å². The van der Waals surface area contributed by atoms with E-state index < -0.39 is 22.7 Å². The number of nitrogens with one attached hydrogen (secondary N) is 2. The zero-order chi connectivity index (χ0) is 22.2. The molecule has 2 aromatic carbocycles. The van der Waals surface area contributed by atoms with E-state index in [0.29, 0.717) is 0 Å². The SMILES string of the molecule is CC(C)(C)C(=O)NCc1cc(-c2nn(-c3ccc(F)c(Cl)c3)c(=O)[nH]2)c(Cl)cc1F. The number of hydrogen-bond acceptors (Lipinski definition) is 3. The summed E-state index contributed by atoms with van der Waals surface area (Å²) in [5.74, 6) is -1.41. The fourth-order valence-electron chi connectivity index (χ4n) is 2.59. The molecular weight excluding hydrogens is 437 g/mol. The number of aromatic amines is 1. The molecule has 0 fully saturated rings. The fraction of sp³-hybridized carbons (Fsp3) is 0.250. The summed E-state index contributed by atoms with van der Waals surface area (Å²) in [6.45, 7) is 5.16. The van der Waals surface area contributed by atoms with Gasteiger partial charge < -0.3 is 5.32 Å². The molecule has 2 N–H and O–H groups in total. The first kappa shape index (κ1) is 22.0. The van der Waals surface area contributed by atoms with Crippen LogP contribution in [0.3, 0.4) is 0 Å². The number of carbonyl (C=O) groups excluding carboxylic acids is 1. The molecule has 0 saturated carbocycles. The highest BCUT2D eigenvalue weighted by Crippen LogP contribution is 2.28. The first-order valence-corrected chi connectivity index (χ1v) is 9.64. The van der Waals surface area contributed by atoms with Gasteiger partial charge in [0.1, 0.15) is 11.6 Å². The van der Waals surface area contributed by atoms with Gasteiger partial charge in [-0.1, -0.05) is 44.0 Å². The molecule has 6 nitrogen and oxygen atoms in total. The summed E-state index contributed by atoms with van der Waals surface area (Å²) in [5.41, 5.74) is -0.568. The van der Waals surface area contributed by atoms with Crippen molar-refractivity contribution in [3.8, 4) is 17.1 Å². The van der Waals surface area contributed by atoms with Crippen LogP contribution in [0.25, 0.3) is 17.1 Å². The molecule has 3 rings (SSSR count). The van der Waals surface area contributed by atoms with Crippen molar-refractivity contribution in [3.05, 3.63) is 68.1 Å². The van der Waals surface area contributed by atoms with Gasteiger partial charge in [-0.05, 0) is 30.3 Å². The van der Waals surface area contributed by atoms with Crippen molar-refractivity contribution in [1.29, 1.82) is 0 Å². The Labute approximate surface area is 180 Å². The van der Waals surface area contributed by atoms with Crippen molar-refractivity contribution in [2.75, 3.05) is 0 Å². The summed E-state index contributed by atoms with van der Waals surface area (Å²) in [5, 5.41) is 6.68. The minimum atomic E-state index is -0.633. The molecule has 3 aromatic rings. The Kier molecular flexibility index (Phi) is 6.01. The van der Waals surface area contributed by atoms with Crippen molar-refractivity contribution >= 4 is 29.1 Å². The van der Waals surface area contributed by atoms with E-state index in [-0.39, 0.29) is 45.1 Å². The predicted molar refractivity (Wildman–Crippen MR) is 111 cm³/mol. The zero-order valence-corrected chi connectivity index (χ0v) is 17.8. The molecule has 10 heteroatoms. The van der Waals surface area contributed by atoms with Gasteiger partial charge in [-0.15, -0.1) is 5.10 Å². The molecule has 1 aromatic heterocycles. The summed E-state index contributed by atoms with van der Waals surface area (Å²) in [7, 11) is 0. The van der Waals surface area contributed by atoms with E-state index in [4.69, 9.17) is 23.2 Å². The third kappa shape index (κ3) is 4.55. The Morgan fingerprint density at radius 3 is 2.47 bits per heavy atom. The maximum atomic E-state index is 14.3. The summed E-state index contributed by atoms with van der Waals surface area (Å²) in [4.78, 5) is 26.9. The maximum Gasteiger partial charge on any atom is 0.348 e. The van der Waals surface area contributed by atoms with Crippen LogP contribution < -0.4 is 11.0 Å². The van der Waals surface area contributed by atoms with Gasteiger partial charge in [0.25, 0.3) is 0 Å². The van der Waals surface area contributed by atoms with Crippen molar-refractivity contribution < 1.29 is 13.6 Å². The van der Waals surface area contributed by atoms with E-state index in [9.17, 15) is 18.4 Å². The Morgan fingerprint density at radius 1 is 1.13 bits per heavy atom. The van der Waals surface area contributed by atoms with Crippen LogP contribution in [-0.4, -0.2) is 20.7 Å². The number of carbonyl (C=O) groups is 1. The number of rotatable bonds is 4. The normalized spacial score (nSPS) is 11.6. The lowest BCUT2D eigenvalue weighted by Gasteiger charge is -2.18. The van der Waals surface area contributed by atoms with Crippen LogP contribution >= 0.6 is 23.2 Å². The van der Waals surface area contributed by atoms with Crippen LogP contribution in [0, 0.1) is 17.0 Å². The molecule has 30 heavy (non-hydrogen) atoms. The molecule has 1 amide bonds. The second-order valence-electron chi connectivity index (χ2n) is 7.65. The van der Waals surface area contributed by atoms with E-state index >= 15 is 0 Å². The maximum absolute atomic E-state index is 14.3. The molecule has 0 saturated heterocycles. The molecule has 0 atom stereocenters. The summed E-state index contributed by atoms with van der Waals surface area (Å²) in [6, 6.07) is 6.19. The van der Waals surface area contributed by atoms with Gasteiger partial charge in [0.05, 0.1) is 15.7 Å². The molecule has 0 radical (unpaired) electrons. The lowest BCUT2D eigenvalue weighted by atomic mass is 9.95. The number of benzene rings is 2. The Bertz CT molecular complexity index is 1180. The topological polar surface area (TPSA) is 79.8 Å². The van der Waals surface area contributed by atoms with Crippen molar-refractivity contribution in [2.24, 2.45) is 5.41 Å². The van der Waals surface area contributed by atoms with Crippen LogP contribution in [0.2, 0.25) is 10.0 Å². The molecule has 0 bridgehead atoms. The van der Waals surface area contributed by atoms with E-state index in [1.165, 1.54) is 18.2 Å². The highest BCUT2D eigenvalue weighted by atomic mass is 35.5. The number of nitrogens with zero attached hydrogens (tertiary/aromatic N) is 2. The number of halogens is 4. The van der Waals surface area contributed by atoms with Gasteiger partial charge in [0.15, 0.2) is 5.82 Å². The molecule has 0 aliphatic heterocycles. The van der Waals surface area contributed by atoms with Crippen molar-refractivity contribution in [1.82, 2.24) is 20.1 Å². The fourth-order valence-corrected chi connectivity index (χ4v) is 3.00. The summed E-state index contributed by atoms with van der Waals surface area (Å²) < 4.78 is 28.7. The highest BCUT2D eigenvalue weighted by Gasteiger charge is 2.22. The molecule has 158 valence electrons. The number of H-pyrrole nitrogens is 1. The molecule has 0 spiro atoms. The first-order valence-electron chi connectivity index (χ1n) is 8.88. The Balaban J connectivity index is 1.97. The third-order valence-corrected chi connectivity index (χ3v) is 4.88.